The highest BCUT2D eigenvalue weighted by Crippen LogP contribution is 2.47. The summed E-state index contributed by atoms with van der Waals surface area (Å²) in [7, 11) is 1.41. The molecular weight excluding hydrogens is 500 g/mol. The normalized spacial score (nSPS) is 25.7. The Hall–Kier alpha value is -3.90. The molecule has 0 aliphatic carbocycles. The van der Waals surface area contributed by atoms with Crippen LogP contribution in [0.15, 0.2) is 36.4 Å². The number of rotatable bonds is 2. The van der Waals surface area contributed by atoms with Gasteiger partial charge < -0.3 is 29.2 Å². The van der Waals surface area contributed by atoms with E-state index in [0.29, 0.717) is 38.2 Å². The zero-order valence-corrected chi connectivity index (χ0v) is 20.1. The second kappa shape index (κ2) is 7.58. The number of nitrogens with one attached hydrogen (secondary N) is 2. The quantitative estimate of drug-likeness (QED) is 0.263. The van der Waals surface area contributed by atoms with Crippen LogP contribution in [0, 0.1) is 11.6 Å². The molecule has 0 unspecified atom stereocenters. The number of hydrogen-bond donors (Lipinski definition) is 4. The van der Waals surface area contributed by atoms with Crippen LogP contribution in [-0.4, -0.2) is 56.7 Å². The van der Waals surface area contributed by atoms with Gasteiger partial charge in [0.2, 0.25) is 0 Å². The number of fused-ring (bicyclic) bond motifs is 10. The number of nitrogens with zero attached hydrogens (tertiary/aromatic N) is 1. The third-order valence-corrected chi connectivity index (χ3v) is 7.72. The Labute approximate surface area is 212 Å². The van der Waals surface area contributed by atoms with Crippen LogP contribution in [0.25, 0.3) is 43.6 Å². The maximum absolute atomic E-state index is 14.6. The lowest BCUT2D eigenvalue weighted by molar-refractivity contribution is -0.319. The van der Waals surface area contributed by atoms with Gasteiger partial charge in [-0.3, -0.25) is 14.9 Å². The van der Waals surface area contributed by atoms with Gasteiger partial charge in [-0.05, 0) is 43.3 Å². The smallest absolute Gasteiger partial charge is 0.259 e. The van der Waals surface area contributed by atoms with E-state index in [1.807, 2.05) is 0 Å². The summed E-state index contributed by atoms with van der Waals surface area (Å²) in [5.41, 5.74) is 1.61. The lowest BCUT2D eigenvalue weighted by atomic mass is 9.96. The number of H-pyrrole nitrogens is 1. The lowest BCUT2D eigenvalue weighted by Gasteiger charge is -2.43. The number of methoxy groups -OCH3 is 1. The van der Waals surface area contributed by atoms with Gasteiger partial charge in [0.15, 0.2) is 12.0 Å². The molecule has 7 rings (SSSR count). The summed E-state index contributed by atoms with van der Waals surface area (Å²) >= 11 is 0. The van der Waals surface area contributed by atoms with Gasteiger partial charge in [0.1, 0.15) is 17.7 Å². The highest BCUT2D eigenvalue weighted by Gasteiger charge is 2.46. The Bertz CT molecular complexity index is 1880. The molecular formula is C27H21F2N3O6. The number of aromatic nitrogens is 2. The van der Waals surface area contributed by atoms with Gasteiger partial charge >= 0.3 is 0 Å². The van der Waals surface area contributed by atoms with Crippen LogP contribution in [0.2, 0.25) is 0 Å². The van der Waals surface area contributed by atoms with Crippen LogP contribution in [0.3, 0.4) is 0 Å². The van der Waals surface area contributed by atoms with Crippen LogP contribution < -0.4 is 5.32 Å². The molecule has 1 saturated heterocycles. The maximum atomic E-state index is 14.6. The molecule has 3 aromatic carbocycles. The van der Waals surface area contributed by atoms with E-state index in [-0.39, 0.29) is 22.9 Å². The SMILES string of the molecule is CO[C@@]1(C)C[C@H](O)[C@@H](O)[C@H](n2c3ccc(F)cc3c3c4c(c5c6cc(F)ccc6[nH]c5c32)C(=O)NC4=O)O1. The summed E-state index contributed by atoms with van der Waals surface area (Å²) < 4.78 is 42.2. The molecule has 1 fully saturated rings. The largest absolute Gasteiger partial charge is 0.390 e. The fourth-order valence-electron chi connectivity index (χ4n) is 5.98. The molecule has 11 heteroatoms. The van der Waals surface area contributed by atoms with Gasteiger partial charge in [0, 0.05) is 40.6 Å². The average molecular weight is 521 g/mol. The van der Waals surface area contributed by atoms with Crippen molar-refractivity contribution in [2.24, 2.45) is 0 Å². The van der Waals surface area contributed by atoms with Gasteiger partial charge in [0.05, 0.1) is 33.8 Å². The van der Waals surface area contributed by atoms with Crippen molar-refractivity contribution in [1.29, 1.82) is 0 Å². The maximum Gasteiger partial charge on any atom is 0.259 e. The van der Waals surface area contributed by atoms with Crippen LogP contribution in [-0.2, 0) is 9.47 Å². The van der Waals surface area contributed by atoms with Crippen molar-refractivity contribution in [3.05, 3.63) is 59.2 Å². The highest BCUT2D eigenvalue weighted by atomic mass is 19.1. The number of aromatic amines is 1. The average Bonchev–Trinajstić information content (AvgIpc) is 3.50. The van der Waals surface area contributed by atoms with E-state index < -0.39 is 47.7 Å². The number of ether oxygens (including phenoxy) is 2. The molecule has 0 radical (unpaired) electrons. The molecule has 4 N–H and O–H groups in total. The van der Waals surface area contributed by atoms with Crippen LogP contribution in [0.5, 0.6) is 0 Å². The Balaban J connectivity index is 1.73. The number of aliphatic hydroxyl groups excluding tert-OH is 2. The van der Waals surface area contributed by atoms with Gasteiger partial charge in [-0.2, -0.15) is 0 Å². The van der Waals surface area contributed by atoms with Crippen molar-refractivity contribution < 1.29 is 38.1 Å². The molecule has 0 saturated carbocycles. The first-order valence-electron chi connectivity index (χ1n) is 12.0. The minimum atomic E-state index is -1.43. The zero-order chi connectivity index (χ0) is 26.7. The Kier molecular flexibility index (Phi) is 4.63. The van der Waals surface area contributed by atoms with Crippen molar-refractivity contribution in [3.8, 4) is 0 Å². The number of imide groups is 1. The van der Waals surface area contributed by atoms with E-state index in [4.69, 9.17) is 9.47 Å². The fraction of sp³-hybridized carbons (Fsp3) is 0.259. The van der Waals surface area contributed by atoms with E-state index in [0.717, 1.165) is 0 Å². The first kappa shape index (κ1) is 23.2. The number of benzene rings is 3. The second-order valence-electron chi connectivity index (χ2n) is 9.96. The number of carbonyl (C=O) groups excluding carboxylic acids is 2. The zero-order valence-electron chi connectivity index (χ0n) is 20.1. The Morgan fingerprint density at radius 1 is 1.03 bits per heavy atom. The highest BCUT2D eigenvalue weighted by molar-refractivity contribution is 6.39. The molecule has 2 aliphatic heterocycles. The predicted octanol–water partition coefficient (Wildman–Crippen LogP) is 3.59. The van der Waals surface area contributed by atoms with E-state index >= 15 is 0 Å². The van der Waals surface area contributed by atoms with Crippen molar-refractivity contribution in [3.63, 3.8) is 0 Å². The van der Waals surface area contributed by atoms with Gasteiger partial charge in [-0.15, -0.1) is 0 Å². The molecule has 5 aromatic rings. The molecule has 0 bridgehead atoms. The van der Waals surface area contributed by atoms with Crippen LogP contribution in [0.4, 0.5) is 8.78 Å². The van der Waals surface area contributed by atoms with E-state index in [1.165, 1.54) is 43.5 Å². The van der Waals surface area contributed by atoms with Gasteiger partial charge in [-0.25, -0.2) is 8.78 Å². The molecule has 38 heavy (non-hydrogen) atoms. The van der Waals surface area contributed by atoms with Crippen molar-refractivity contribution in [2.75, 3.05) is 7.11 Å². The summed E-state index contributed by atoms with van der Waals surface area (Å²) in [6.45, 7) is 1.62. The molecule has 9 nitrogen and oxygen atoms in total. The van der Waals surface area contributed by atoms with E-state index in [9.17, 15) is 28.6 Å². The van der Waals surface area contributed by atoms with Crippen LogP contribution >= 0.6 is 0 Å². The standard InChI is InChI=1S/C27H21F2N3O6/c1-27(37-2)9-16(33)23(34)26(38-27)32-15-6-4-11(29)8-13(15)18-20-19(24(35)31-25(20)36)17-12-7-10(28)3-5-14(12)30-21(17)22(18)32/h3-8,16,23,26,30,33-34H,9H2,1-2H3,(H,31,35,36)/t16-,23+,26+,27+/m0/s1. The monoisotopic (exact) mass is 521 g/mol. The van der Waals surface area contributed by atoms with Crippen LogP contribution in [0.1, 0.15) is 40.3 Å². The number of aliphatic hydroxyl groups is 2. The summed E-state index contributed by atoms with van der Waals surface area (Å²) in [5, 5.41) is 25.4. The van der Waals surface area contributed by atoms with Gasteiger partial charge in [0.25, 0.3) is 11.8 Å². The van der Waals surface area contributed by atoms with Crippen molar-refractivity contribution in [2.45, 2.75) is 37.6 Å². The Morgan fingerprint density at radius 3 is 2.39 bits per heavy atom. The first-order valence-corrected chi connectivity index (χ1v) is 12.0. The summed E-state index contributed by atoms with van der Waals surface area (Å²) in [6, 6.07) is 7.98. The molecule has 2 amide bonds. The van der Waals surface area contributed by atoms with E-state index in [2.05, 4.69) is 10.3 Å². The fourth-order valence-corrected chi connectivity index (χ4v) is 5.98. The third kappa shape index (κ3) is 2.92. The summed E-state index contributed by atoms with van der Waals surface area (Å²) in [4.78, 5) is 29.5. The molecule has 2 aromatic heterocycles. The number of amides is 2. The lowest BCUT2D eigenvalue weighted by Crippen LogP contribution is -2.51. The van der Waals surface area contributed by atoms with E-state index in [1.54, 1.807) is 11.5 Å². The number of halogens is 2. The van der Waals surface area contributed by atoms with Crippen molar-refractivity contribution >= 4 is 55.4 Å². The predicted molar refractivity (Wildman–Crippen MR) is 133 cm³/mol. The molecule has 0 spiro atoms. The second-order valence-corrected chi connectivity index (χ2v) is 9.96. The van der Waals surface area contributed by atoms with Gasteiger partial charge in [-0.1, -0.05) is 0 Å². The molecule has 4 heterocycles. The molecule has 4 atom stereocenters. The minimum absolute atomic E-state index is 0.0114. The third-order valence-electron chi connectivity index (χ3n) is 7.72. The van der Waals surface area contributed by atoms with Crippen molar-refractivity contribution in [1.82, 2.24) is 14.9 Å². The number of carbonyl (C=O) groups is 2. The minimum Gasteiger partial charge on any atom is -0.390 e. The Morgan fingerprint density at radius 2 is 1.68 bits per heavy atom. The summed E-state index contributed by atoms with van der Waals surface area (Å²) in [6.07, 6.45) is -3.92. The first-order chi connectivity index (χ1) is 18.1. The molecule has 194 valence electrons. The number of hydrogen-bond acceptors (Lipinski definition) is 6. The molecule has 2 aliphatic rings. The topological polar surface area (TPSA) is 126 Å². The summed E-state index contributed by atoms with van der Waals surface area (Å²) in [5.74, 6) is -3.74.